The standard InChI is InChI=1S/C13H16BrF3O3/c1-9(18)11-7-10(14)3-4-12(11)20-6-2-5-19-8-13(15,16)17/h3-4,7,9,18H,2,5-6,8H2,1H3/t9-/m1/s1. The van der Waals surface area contributed by atoms with E-state index in [1.807, 2.05) is 0 Å². The van der Waals surface area contributed by atoms with Crippen LogP contribution in [0.25, 0.3) is 0 Å². The molecule has 7 heteroatoms. The molecule has 0 heterocycles. The summed E-state index contributed by atoms with van der Waals surface area (Å²) in [5.41, 5.74) is 0.621. The maximum absolute atomic E-state index is 11.8. The second-order valence-corrected chi connectivity index (χ2v) is 5.14. The van der Waals surface area contributed by atoms with E-state index < -0.39 is 18.9 Å². The summed E-state index contributed by atoms with van der Waals surface area (Å²) in [6, 6.07) is 5.20. The number of aliphatic hydroxyl groups excluding tert-OH is 1. The molecule has 1 rings (SSSR count). The van der Waals surface area contributed by atoms with Crippen molar-refractivity contribution in [3.63, 3.8) is 0 Å². The minimum Gasteiger partial charge on any atom is -0.493 e. The zero-order valence-corrected chi connectivity index (χ0v) is 12.5. The molecule has 3 nitrogen and oxygen atoms in total. The molecule has 0 fully saturated rings. The van der Waals surface area contributed by atoms with Gasteiger partial charge in [0.1, 0.15) is 12.4 Å². The van der Waals surface area contributed by atoms with Gasteiger partial charge in [-0.3, -0.25) is 0 Å². The van der Waals surface area contributed by atoms with Gasteiger partial charge in [-0.2, -0.15) is 13.2 Å². The number of hydrogen-bond donors (Lipinski definition) is 1. The van der Waals surface area contributed by atoms with Crippen LogP contribution in [0.3, 0.4) is 0 Å². The fourth-order valence-electron chi connectivity index (χ4n) is 1.51. The van der Waals surface area contributed by atoms with Gasteiger partial charge in [-0.1, -0.05) is 15.9 Å². The zero-order chi connectivity index (χ0) is 15.2. The Hall–Kier alpha value is -0.790. The largest absolute Gasteiger partial charge is 0.493 e. The first-order valence-corrected chi connectivity index (χ1v) is 6.83. The number of ether oxygens (including phenoxy) is 2. The van der Waals surface area contributed by atoms with E-state index in [1.54, 1.807) is 25.1 Å². The fraction of sp³-hybridized carbons (Fsp3) is 0.538. The van der Waals surface area contributed by atoms with E-state index in [9.17, 15) is 18.3 Å². The lowest BCUT2D eigenvalue weighted by atomic mass is 10.1. The van der Waals surface area contributed by atoms with Crippen molar-refractivity contribution in [1.29, 1.82) is 0 Å². The summed E-state index contributed by atoms with van der Waals surface area (Å²) in [6.07, 6.45) is -4.65. The molecule has 1 aromatic carbocycles. The third kappa shape index (κ3) is 6.58. The van der Waals surface area contributed by atoms with Crippen LogP contribution in [0.15, 0.2) is 22.7 Å². The van der Waals surface area contributed by atoms with Crippen LogP contribution in [-0.4, -0.2) is 31.1 Å². The van der Waals surface area contributed by atoms with Crippen molar-refractivity contribution in [2.75, 3.05) is 19.8 Å². The van der Waals surface area contributed by atoms with E-state index in [0.717, 1.165) is 4.47 Å². The Labute approximate surface area is 123 Å². The molecule has 0 aromatic heterocycles. The normalized spacial score (nSPS) is 13.3. The maximum atomic E-state index is 11.8. The number of rotatable bonds is 7. The van der Waals surface area contributed by atoms with Gasteiger partial charge >= 0.3 is 6.18 Å². The van der Waals surface area contributed by atoms with E-state index in [2.05, 4.69) is 20.7 Å². The molecule has 1 atom stereocenters. The molecule has 1 N–H and O–H groups in total. The quantitative estimate of drug-likeness (QED) is 0.754. The molecule has 0 aliphatic heterocycles. The number of halogens is 4. The second kappa shape index (κ2) is 7.85. The third-order valence-corrected chi connectivity index (χ3v) is 2.87. The molecule has 0 aliphatic carbocycles. The van der Waals surface area contributed by atoms with Crippen LogP contribution >= 0.6 is 15.9 Å². The van der Waals surface area contributed by atoms with Gasteiger partial charge in [-0.15, -0.1) is 0 Å². The first-order valence-electron chi connectivity index (χ1n) is 6.04. The summed E-state index contributed by atoms with van der Waals surface area (Å²) >= 11 is 3.29. The molecule has 1 aromatic rings. The van der Waals surface area contributed by atoms with Crippen LogP contribution in [0, 0.1) is 0 Å². The van der Waals surface area contributed by atoms with Gasteiger partial charge in [0.25, 0.3) is 0 Å². The molecule has 114 valence electrons. The van der Waals surface area contributed by atoms with Gasteiger partial charge in [0.2, 0.25) is 0 Å². The molecule has 0 saturated heterocycles. The number of alkyl halides is 3. The highest BCUT2D eigenvalue weighted by Gasteiger charge is 2.27. The van der Waals surface area contributed by atoms with Crippen LogP contribution in [-0.2, 0) is 4.74 Å². The fourth-order valence-corrected chi connectivity index (χ4v) is 1.89. The predicted octanol–water partition coefficient (Wildman–Crippen LogP) is 3.85. The minimum absolute atomic E-state index is 0.0277. The SMILES string of the molecule is C[C@@H](O)c1cc(Br)ccc1OCCCOCC(F)(F)F. The van der Waals surface area contributed by atoms with E-state index in [-0.39, 0.29) is 13.2 Å². The van der Waals surface area contributed by atoms with Crippen molar-refractivity contribution in [2.45, 2.75) is 25.6 Å². The third-order valence-electron chi connectivity index (χ3n) is 2.38. The minimum atomic E-state index is -4.30. The molecule has 0 spiro atoms. The highest BCUT2D eigenvalue weighted by Crippen LogP contribution is 2.28. The van der Waals surface area contributed by atoms with E-state index >= 15 is 0 Å². The van der Waals surface area contributed by atoms with Crippen molar-refractivity contribution in [1.82, 2.24) is 0 Å². The lowest BCUT2D eigenvalue weighted by Crippen LogP contribution is -2.18. The van der Waals surface area contributed by atoms with Crippen LogP contribution in [0.5, 0.6) is 5.75 Å². The molecule has 0 aliphatic rings. The smallest absolute Gasteiger partial charge is 0.411 e. The van der Waals surface area contributed by atoms with Crippen molar-refractivity contribution in [3.05, 3.63) is 28.2 Å². The van der Waals surface area contributed by atoms with E-state index in [0.29, 0.717) is 17.7 Å². The Morgan fingerprint density at radius 3 is 2.60 bits per heavy atom. The molecular formula is C13H16BrF3O3. The summed E-state index contributed by atoms with van der Waals surface area (Å²) < 4.78 is 46.2. The topological polar surface area (TPSA) is 38.7 Å². The van der Waals surface area contributed by atoms with E-state index in [1.165, 1.54) is 0 Å². The molecule has 0 radical (unpaired) electrons. The lowest BCUT2D eigenvalue weighted by Gasteiger charge is -2.14. The average molecular weight is 357 g/mol. The Morgan fingerprint density at radius 2 is 2.00 bits per heavy atom. The predicted molar refractivity (Wildman–Crippen MR) is 71.8 cm³/mol. The van der Waals surface area contributed by atoms with Gasteiger partial charge in [-0.25, -0.2) is 0 Å². The van der Waals surface area contributed by atoms with Crippen molar-refractivity contribution >= 4 is 15.9 Å². The second-order valence-electron chi connectivity index (χ2n) is 4.23. The van der Waals surface area contributed by atoms with Gasteiger partial charge < -0.3 is 14.6 Å². The molecular weight excluding hydrogens is 341 g/mol. The van der Waals surface area contributed by atoms with Crippen molar-refractivity contribution in [3.8, 4) is 5.75 Å². The molecule has 20 heavy (non-hydrogen) atoms. The maximum Gasteiger partial charge on any atom is 0.411 e. The Kier molecular flexibility index (Phi) is 6.78. The highest BCUT2D eigenvalue weighted by molar-refractivity contribution is 9.10. The van der Waals surface area contributed by atoms with E-state index in [4.69, 9.17) is 4.74 Å². The number of aliphatic hydroxyl groups is 1. The number of hydrogen-bond acceptors (Lipinski definition) is 3. The Bertz CT molecular complexity index is 422. The summed E-state index contributed by atoms with van der Waals surface area (Å²) in [7, 11) is 0. The number of benzene rings is 1. The van der Waals surface area contributed by atoms with Crippen LogP contribution in [0.4, 0.5) is 13.2 Å². The first-order chi connectivity index (χ1) is 9.29. The van der Waals surface area contributed by atoms with Crippen LogP contribution in [0.1, 0.15) is 25.0 Å². The van der Waals surface area contributed by atoms with Gasteiger partial charge in [0, 0.05) is 16.5 Å². The first kappa shape index (κ1) is 17.3. The van der Waals surface area contributed by atoms with Crippen LogP contribution < -0.4 is 4.74 Å². The van der Waals surface area contributed by atoms with Gasteiger partial charge in [-0.05, 0) is 25.1 Å². The zero-order valence-electron chi connectivity index (χ0n) is 10.9. The molecule has 0 amide bonds. The van der Waals surface area contributed by atoms with Crippen molar-refractivity contribution < 1.29 is 27.8 Å². The summed E-state index contributed by atoms with van der Waals surface area (Å²) in [4.78, 5) is 0. The highest BCUT2D eigenvalue weighted by atomic mass is 79.9. The summed E-state index contributed by atoms with van der Waals surface area (Å²) in [5.74, 6) is 0.513. The van der Waals surface area contributed by atoms with Gasteiger partial charge in [0.15, 0.2) is 0 Å². The molecule has 0 unspecified atom stereocenters. The molecule has 0 bridgehead atoms. The van der Waals surface area contributed by atoms with Crippen LogP contribution in [0.2, 0.25) is 0 Å². The lowest BCUT2D eigenvalue weighted by molar-refractivity contribution is -0.174. The van der Waals surface area contributed by atoms with Gasteiger partial charge in [0.05, 0.1) is 19.3 Å². The monoisotopic (exact) mass is 356 g/mol. The van der Waals surface area contributed by atoms with Crippen molar-refractivity contribution in [2.24, 2.45) is 0 Å². The molecule has 0 saturated carbocycles. The average Bonchev–Trinajstić information content (AvgIpc) is 2.33. The Balaban J connectivity index is 2.35. The summed E-state index contributed by atoms with van der Waals surface area (Å²) in [5, 5.41) is 9.61. The Morgan fingerprint density at radius 1 is 1.30 bits per heavy atom. The summed E-state index contributed by atoms with van der Waals surface area (Å²) in [6.45, 7) is 0.560.